The lowest BCUT2D eigenvalue weighted by molar-refractivity contribution is -0.138. The predicted octanol–water partition coefficient (Wildman–Crippen LogP) is 1.78. The maximum atomic E-state index is 10.8. The van der Waals surface area contributed by atoms with Crippen LogP contribution in [0.1, 0.15) is 18.7 Å². The zero-order chi connectivity index (χ0) is 18.9. The number of carboxylic acid groups (broad SMARTS) is 1. The molecule has 26 heavy (non-hydrogen) atoms. The van der Waals surface area contributed by atoms with E-state index in [1.165, 1.54) is 23.9 Å². The van der Waals surface area contributed by atoms with Gasteiger partial charge in [0.2, 0.25) is 0 Å². The van der Waals surface area contributed by atoms with Crippen molar-refractivity contribution in [2.45, 2.75) is 13.8 Å². The topological polar surface area (TPSA) is 118 Å². The molecule has 3 heterocycles. The molecule has 1 fully saturated rings. The monoisotopic (exact) mass is 375 g/mol. The minimum atomic E-state index is -0.808. The van der Waals surface area contributed by atoms with Crippen LogP contribution < -0.4 is 10.2 Å². The fraction of sp³-hybridized carbons (Fsp3) is 0.438. The lowest BCUT2D eigenvalue weighted by Crippen LogP contribution is -2.48. The molecule has 1 aliphatic heterocycles. The van der Waals surface area contributed by atoms with Gasteiger partial charge in [0, 0.05) is 32.2 Å². The summed E-state index contributed by atoms with van der Waals surface area (Å²) in [5.74, 6) is 0.573. The highest BCUT2D eigenvalue weighted by atomic mass is 32.1. The molecule has 138 valence electrons. The van der Waals surface area contributed by atoms with Crippen LogP contribution >= 0.6 is 11.3 Å². The molecule has 0 saturated carbocycles. The number of hydrogen-bond donors (Lipinski definition) is 2. The van der Waals surface area contributed by atoms with Crippen LogP contribution in [0.2, 0.25) is 0 Å². The molecular weight excluding hydrogens is 354 g/mol. The molecule has 0 aromatic carbocycles. The highest BCUT2D eigenvalue weighted by Crippen LogP contribution is 2.23. The molecule has 0 bridgehead atoms. The van der Waals surface area contributed by atoms with Gasteiger partial charge in [-0.05, 0) is 0 Å². The summed E-state index contributed by atoms with van der Waals surface area (Å²) in [7, 11) is 0. The molecule has 2 N–H and O–H groups in total. The van der Waals surface area contributed by atoms with Crippen LogP contribution in [0.25, 0.3) is 0 Å². The Bertz CT molecular complexity index is 766. The Kier molecular flexibility index (Phi) is 7.25. The molecule has 10 heteroatoms. The second-order valence-corrected chi connectivity index (χ2v) is 6.22. The summed E-state index contributed by atoms with van der Waals surface area (Å²) in [4.78, 5) is 27.8. The number of thiazole rings is 1. The fourth-order valence-corrected chi connectivity index (χ4v) is 3.03. The largest absolute Gasteiger partial charge is 0.480 e. The lowest BCUT2D eigenvalue weighted by atomic mass is 10.3. The summed E-state index contributed by atoms with van der Waals surface area (Å²) in [6.45, 7) is 6.84. The van der Waals surface area contributed by atoms with Crippen molar-refractivity contribution in [2.24, 2.45) is 0 Å². The number of carboxylic acids is 1. The van der Waals surface area contributed by atoms with E-state index < -0.39 is 5.97 Å². The second-order valence-electron chi connectivity index (χ2n) is 5.18. The molecule has 2 aromatic heterocycles. The van der Waals surface area contributed by atoms with Gasteiger partial charge in [-0.2, -0.15) is 5.26 Å². The Morgan fingerprint density at radius 1 is 1.31 bits per heavy atom. The van der Waals surface area contributed by atoms with Gasteiger partial charge in [0.05, 0.1) is 12.7 Å². The second kappa shape index (κ2) is 9.65. The van der Waals surface area contributed by atoms with Crippen molar-refractivity contribution in [2.75, 3.05) is 42.9 Å². The summed E-state index contributed by atoms with van der Waals surface area (Å²) < 4.78 is 0. The van der Waals surface area contributed by atoms with Gasteiger partial charge >= 0.3 is 5.97 Å². The zero-order valence-corrected chi connectivity index (χ0v) is 15.5. The average molecular weight is 375 g/mol. The third-order valence-corrected chi connectivity index (χ3v) is 4.38. The van der Waals surface area contributed by atoms with Crippen molar-refractivity contribution in [3.63, 3.8) is 0 Å². The van der Waals surface area contributed by atoms with Crippen molar-refractivity contribution in [1.82, 2.24) is 19.9 Å². The third kappa shape index (κ3) is 5.37. The minimum absolute atomic E-state index is 0.0652. The smallest absolute Gasteiger partial charge is 0.317 e. The quantitative estimate of drug-likeness (QED) is 0.806. The molecule has 1 saturated heterocycles. The average Bonchev–Trinajstić information content (AvgIpc) is 3.11. The number of nitrogens with zero attached hydrogens (tertiary/aromatic N) is 6. The maximum Gasteiger partial charge on any atom is 0.317 e. The van der Waals surface area contributed by atoms with E-state index in [0.717, 1.165) is 5.82 Å². The number of piperazine rings is 1. The van der Waals surface area contributed by atoms with Gasteiger partial charge in [-0.15, -0.1) is 0 Å². The van der Waals surface area contributed by atoms with Gasteiger partial charge in [-0.3, -0.25) is 9.69 Å². The van der Waals surface area contributed by atoms with E-state index in [9.17, 15) is 4.79 Å². The van der Waals surface area contributed by atoms with Crippen molar-refractivity contribution >= 4 is 34.1 Å². The SMILES string of the molecule is CC.N#Cc1cnc(Nc2cc(N3CCN(CC(=O)O)CC3)ncn2)s1. The Labute approximate surface area is 155 Å². The fourth-order valence-electron chi connectivity index (χ4n) is 2.41. The number of carbonyl (C=O) groups is 1. The van der Waals surface area contributed by atoms with E-state index in [4.69, 9.17) is 10.4 Å². The van der Waals surface area contributed by atoms with Crippen LogP contribution in [-0.4, -0.2) is 63.7 Å². The number of anilines is 3. The molecule has 0 amide bonds. The summed E-state index contributed by atoms with van der Waals surface area (Å²) >= 11 is 1.26. The maximum absolute atomic E-state index is 10.8. The highest BCUT2D eigenvalue weighted by molar-refractivity contribution is 7.16. The molecule has 0 spiro atoms. The van der Waals surface area contributed by atoms with Crippen molar-refractivity contribution in [1.29, 1.82) is 5.26 Å². The molecule has 0 atom stereocenters. The third-order valence-electron chi connectivity index (χ3n) is 3.56. The van der Waals surface area contributed by atoms with Gasteiger partial charge in [-0.25, -0.2) is 15.0 Å². The Morgan fingerprint density at radius 2 is 2.04 bits per heavy atom. The molecule has 1 aliphatic rings. The molecule has 0 unspecified atom stereocenters. The number of rotatable bonds is 5. The van der Waals surface area contributed by atoms with Gasteiger partial charge in [0.15, 0.2) is 5.13 Å². The van der Waals surface area contributed by atoms with E-state index >= 15 is 0 Å². The predicted molar refractivity (Wildman–Crippen MR) is 99.8 cm³/mol. The molecule has 3 rings (SSSR count). The van der Waals surface area contributed by atoms with Crippen LogP contribution in [0.5, 0.6) is 0 Å². The van der Waals surface area contributed by atoms with E-state index in [0.29, 0.717) is 42.0 Å². The minimum Gasteiger partial charge on any atom is -0.480 e. The molecular formula is C16H21N7O2S. The van der Waals surface area contributed by atoms with E-state index in [1.807, 2.05) is 30.9 Å². The van der Waals surface area contributed by atoms with Crippen LogP contribution in [-0.2, 0) is 4.79 Å². The first kappa shape index (κ1) is 19.6. The summed E-state index contributed by atoms with van der Waals surface area (Å²) in [6, 6.07) is 3.86. The first-order valence-corrected chi connectivity index (χ1v) is 9.10. The Hall–Kier alpha value is -2.77. The van der Waals surface area contributed by atoms with Crippen molar-refractivity contribution in [3.8, 4) is 6.07 Å². The zero-order valence-electron chi connectivity index (χ0n) is 14.7. The van der Waals surface area contributed by atoms with Gasteiger partial charge < -0.3 is 15.3 Å². The van der Waals surface area contributed by atoms with Crippen LogP contribution in [0.3, 0.4) is 0 Å². The van der Waals surface area contributed by atoms with Gasteiger partial charge in [0.25, 0.3) is 0 Å². The summed E-state index contributed by atoms with van der Waals surface area (Å²) in [5.41, 5.74) is 0. The number of nitrogens with one attached hydrogen (secondary N) is 1. The molecule has 2 aromatic rings. The Morgan fingerprint density at radius 3 is 2.65 bits per heavy atom. The van der Waals surface area contributed by atoms with Crippen molar-refractivity contribution < 1.29 is 9.90 Å². The standard InChI is InChI=1S/C14H15N7O2S.C2H6/c15-6-10-7-16-14(24-10)19-11-5-12(18-9-17-11)21-3-1-20(2-4-21)8-13(22)23;1-2/h5,7,9H,1-4,8H2,(H,22,23)(H,16,17,18,19);1-2H3. The van der Waals surface area contributed by atoms with E-state index in [2.05, 4.69) is 25.2 Å². The summed E-state index contributed by atoms with van der Waals surface area (Å²) in [5, 5.41) is 21.3. The highest BCUT2D eigenvalue weighted by Gasteiger charge is 2.20. The number of nitriles is 1. The van der Waals surface area contributed by atoms with E-state index in [1.54, 1.807) is 0 Å². The molecule has 0 radical (unpaired) electrons. The van der Waals surface area contributed by atoms with Crippen LogP contribution in [0.15, 0.2) is 18.6 Å². The number of aromatic nitrogens is 3. The van der Waals surface area contributed by atoms with Crippen molar-refractivity contribution in [3.05, 3.63) is 23.5 Å². The first-order chi connectivity index (χ1) is 12.6. The van der Waals surface area contributed by atoms with E-state index in [-0.39, 0.29) is 6.54 Å². The number of aliphatic carboxylic acids is 1. The normalized spacial score (nSPS) is 14.1. The van der Waals surface area contributed by atoms with Gasteiger partial charge in [0.1, 0.15) is 28.9 Å². The molecule has 9 nitrogen and oxygen atoms in total. The lowest BCUT2D eigenvalue weighted by Gasteiger charge is -2.34. The van der Waals surface area contributed by atoms with Gasteiger partial charge in [-0.1, -0.05) is 25.2 Å². The van der Waals surface area contributed by atoms with Crippen LogP contribution in [0.4, 0.5) is 16.8 Å². The number of hydrogen-bond acceptors (Lipinski definition) is 9. The summed E-state index contributed by atoms with van der Waals surface area (Å²) in [6.07, 6.45) is 2.98. The molecule has 0 aliphatic carbocycles. The first-order valence-electron chi connectivity index (χ1n) is 8.28. The Balaban J connectivity index is 0.00000117. The van der Waals surface area contributed by atoms with Crippen LogP contribution in [0, 0.1) is 11.3 Å².